The summed E-state index contributed by atoms with van der Waals surface area (Å²) in [7, 11) is 0. The molecule has 0 aromatic heterocycles. The number of benzene rings is 2. The quantitative estimate of drug-likeness (QED) is 0.509. The van der Waals surface area contributed by atoms with Crippen LogP contribution in [0.4, 0.5) is 5.69 Å². The van der Waals surface area contributed by atoms with Gasteiger partial charge >= 0.3 is 5.97 Å². The summed E-state index contributed by atoms with van der Waals surface area (Å²) in [5.74, 6) is -0.897. The minimum atomic E-state index is -0.964. The number of rotatable bonds is 11. The molecule has 0 saturated carbocycles. The second-order valence-electron chi connectivity index (χ2n) is 8.08. The standard InChI is InChI=1S/C25H31NO5/c1-2-3-4-8-23(27)19-9-11-21(12-10-19)26-22(13-14-24(26)28)17-31-16-18-6-5-7-20(15-18)25(29)30/h5-7,9-12,15,22-23,27H,2-4,8,13-14,16-17H2,1H3,(H,29,30)/t22?,23-/m0/s1. The Morgan fingerprint density at radius 2 is 1.97 bits per heavy atom. The van der Waals surface area contributed by atoms with Crippen LogP contribution in [-0.2, 0) is 16.1 Å². The number of carbonyl (C=O) groups excluding carboxylic acids is 1. The van der Waals surface area contributed by atoms with Crippen LogP contribution in [0.1, 0.15) is 73.0 Å². The van der Waals surface area contributed by atoms with Gasteiger partial charge in [0, 0.05) is 12.1 Å². The van der Waals surface area contributed by atoms with Crippen molar-refractivity contribution >= 4 is 17.6 Å². The van der Waals surface area contributed by atoms with Crippen LogP contribution < -0.4 is 4.90 Å². The van der Waals surface area contributed by atoms with E-state index in [0.717, 1.165) is 48.9 Å². The fraction of sp³-hybridized carbons (Fsp3) is 0.440. The number of carbonyl (C=O) groups is 2. The second kappa shape index (κ2) is 11.1. The largest absolute Gasteiger partial charge is 0.478 e. The summed E-state index contributed by atoms with van der Waals surface area (Å²) in [6.45, 7) is 2.81. The molecule has 1 heterocycles. The number of unbranched alkanes of at least 4 members (excludes halogenated alkanes) is 2. The first-order valence-corrected chi connectivity index (χ1v) is 11.0. The lowest BCUT2D eigenvalue weighted by Gasteiger charge is -2.25. The van der Waals surface area contributed by atoms with Gasteiger partial charge in [0.25, 0.3) is 0 Å². The maximum absolute atomic E-state index is 12.5. The normalized spacial score (nSPS) is 17.2. The van der Waals surface area contributed by atoms with Crippen LogP contribution >= 0.6 is 0 Å². The Bertz CT molecular complexity index is 880. The Hall–Kier alpha value is -2.70. The highest BCUT2D eigenvalue weighted by atomic mass is 16.5. The van der Waals surface area contributed by atoms with Gasteiger partial charge in [-0.25, -0.2) is 4.79 Å². The molecule has 1 amide bonds. The lowest BCUT2D eigenvalue weighted by Crippen LogP contribution is -2.36. The average molecular weight is 426 g/mol. The predicted molar refractivity (Wildman–Crippen MR) is 119 cm³/mol. The Morgan fingerprint density at radius 3 is 2.68 bits per heavy atom. The van der Waals surface area contributed by atoms with Crippen molar-refractivity contribution in [3.63, 3.8) is 0 Å². The molecule has 0 bridgehead atoms. The van der Waals surface area contributed by atoms with E-state index in [1.165, 1.54) is 0 Å². The molecule has 2 N–H and O–H groups in total. The van der Waals surface area contributed by atoms with Crippen LogP contribution in [0.3, 0.4) is 0 Å². The number of aromatic carboxylic acids is 1. The molecular formula is C25H31NO5. The summed E-state index contributed by atoms with van der Waals surface area (Å²) in [6.07, 6.45) is 4.69. The highest BCUT2D eigenvalue weighted by Crippen LogP contribution is 2.29. The Labute approximate surface area is 183 Å². The maximum atomic E-state index is 12.5. The summed E-state index contributed by atoms with van der Waals surface area (Å²) in [4.78, 5) is 25.4. The molecule has 1 aliphatic rings. The number of carboxylic acids is 1. The first-order valence-electron chi connectivity index (χ1n) is 11.0. The van der Waals surface area contributed by atoms with E-state index in [9.17, 15) is 14.7 Å². The van der Waals surface area contributed by atoms with Crippen molar-refractivity contribution in [2.75, 3.05) is 11.5 Å². The zero-order valence-electron chi connectivity index (χ0n) is 18.0. The topological polar surface area (TPSA) is 87.1 Å². The second-order valence-corrected chi connectivity index (χ2v) is 8.08. The summed E-state index contributed by atoms with van der Waals surface area (Å²) < 4.78 is 5.83. The number of ether oxygens (including phenoxy) is 1. The number of carboxylic acid groups (broad SMARTS) is 1. The lowest BCUT2D eigenvalue weighted by molar-refractivity contribution is -0.117. The van der Waals surface area contributed by atoms with Gasteiger partial charge in [0.05, 0.1) is 30.9 Å². The van der Waals surface area contributed by atoms with Crippen molar-refractivity contribution in [3.05, 3.63) is 65.2 Å². The van der Waals surface area contributed by atoms with E-state index in [1.807, 2.05) is 30.3 Å². The van der Waals surface area contributed by atoms with Gasteiger partial charge in [-0.15, -0.1) is 0 Å². The third-order valence-electron chi connectivity index (χ3n) is 5.72. The molecule has 166 valence electrons. The Balaban J connectivity index is 1.58. The van der Waals surface area contributed by atoms with E-state index in [1.54, 1.807) is 23.1 Å². The summed E-state index contributed by atoms with van der Waals surface area (Å²) in [6, 6.07) is 14.2. The van der Waals surface area contributed by atoms with Gasteiger partial charge in [-0.1, -0.05) is 50.5 Å². The van der Waals surface area contributed by atoms with Gasteiger partial charge in [0.2, 0.25) is 5.91 Å². The van der Waals surface area contributed by atoms with Gasteiger partial charge in [-0.3, -0.25) is 4.79 Å². The summed E-state index contributed by atoms with van der Waals surface area (Å²) >= 11 is 0. The molecule has 3 rings (SSSR count). The van der Waals surface area contributed by atoms with E-state index in [2.05, 4.69) is 6.92 Å². The third-order valence-corrected chi connectivity index (χ3v) is 5.72. The first-order chi connectivity index (χ1) is 15.0. The van der Waals surface area contributed by atoms with Crippen molar-refractivity contribution in [2.45, 2.75) is 64.2 Å². The lowest BCUT2D eigenvalue weighted by atomic mass is 10.0. The average Bonchev–Trinajstić information content (AvgIpc) is 3.14. The SMILES string of the molecule is CCCCC[C@H](O)c1ccc(N2C(=O)CCC2COCc2cccc(C(=O)O)c2)cc1. The fourth-order valence-corrected chi connectivity index (χ4v) is 3.97. The molecule has 31 heavy (non-hydrogen) atoms. The molecule has 1 fully saturated rings. The van der Waals surface area contributed by atoms with E-state index in [0.29, 0.717) is 19.6 Å². The Morgan fingerprint density at radius 1 is 1.19 bits per heavy atom. The van der Waals surface area contributed by atoms with Crippen LogP contribution in [0.5, 0.6) is 0 Å². The molecule has 0 aliphatic carbocycles. The minimum absolute atomic E-state index is 0.0597. The van der Waals surface area contributed by atoms with Crippen molar-refractivity contribution in [1.82, 2.24) is 0 Å². The van der Waals surface area contributed by atoms with E-state index in [-0.39, 0.29) is 17.5 Å². The molecule has 6 nitrogen and oxygen atoms in total. The van der Waals surface area contributed by atoms with Gasteiger partial charge in [-0.2, -0.15) is 0 Å². The first kappa shape index (κ1) is 23.0. The number of anilines is 1. The molecule has 1 saturated heterocycles. The predicted octanol–water partition coefficient (Wildman–Crippen LogP) is 4.71. The number of hydrogen-bond acceptors (Lipinski definition) is 4. The number of hydrogen-bond donors (Lipinski definition) is 2. The minimum Gasteiger partial charge on any atom is -0.478 e. The van der Waals surface area contributed by atoms with E-state index >= 15 is 0 Å². The summed E-state index contributed by atoms with van der Waals surface area (Å²) in [5.41, 5.74) is 2.71. The molecular weight excluding hydrogens is 394 g/mol. The van der Waals surface area contributed by atoms with Crippen LogP contribution in [0.15, 0.2) is 48.5 Å². The van der Waals surface area contributed by atoms with E-state index in [4.69, 9.17) is 9.84 Å². The maximum Gasteiger partial charge on any atom is 0.335 e. The molecule has 2 aromatic carbocycles. The van der Waals surface area contributed by atoms with Crippen LogP contribution in [-0.4, -0.2) is 34.7 Å². The number of aliphatic hydroxyl groups excluding tert-OH is 1. The van der Waals surface area contributed by atoms with Crippen molar-refractivity contribution in [1.29, 1.82) is 0 Å². The van der Waals surface area contributed by atoms with E-state index < -0.39 is 12.1 Å². The van der Waals surface area contributed by atoms with Crippen molar-refractivity contribution in [3.8, 4) is 0 Å². The van der Waals surface area contributed by atoms with Gasteiger partial charge < -0.3 is 19.8 Å². The van der Waals surface area contributed by atoms with Crippen molar-refractivity contribution in [2.24, 2.45) is 0 Å². The van der Waals surface area contributed by atoms with Crippen LogP contribution in [0, 0.1) is 0 Å². The molecule has 0 radical (unpaired) electrons. The van der Waals surface area contributed by atoms with Crippen LogP contribution in [0.25, 0.3) is 0 Å². The summed E-state index contributed by atoms with van der Waals surface area (Å²) in [5, 5.41) is 19.5. The van der Waals surface area contributed by atoms with Gasteiger partial charge in [-0.05, 0) is 48.2 Å². The Kier molecular flexibility index (Phi) is 8.20. The molecule has 0 spiro atoms. The van der Waals surface area contributed by atoms with Crippen LogP contribution in [0.2, 0.25) is 0 Å². The monoisotopic (exact) mass is 425 g/mol. The number of nitrogens with zero attached hydrogens (tertiary/aromatic N) is 1. The molecule has 1 unspecified atom stereocenters. The fourth-order valence-electron chi connectivity index (χ4n) is 3.97. The third kappa shape index (κ3) is 6.15. The smallest absolute Gasteiger partial charge is 0.335 e. The number of amides is 1. The molecule has 2 atom stereocenters. The zero-order chi connectivity index (χ0) is 22.2. The van der Waals surface area contributed by atoms with Gasteiger partial charge in [0.15, 0.2) is 0 Å². The van der Waals surface area contributed by atoms with Gasteiger partial charge in [0.1, 0.15) is 0 Å². The molecule has 1 aliphatic heterocycles. The number of aliphatic hydroxyl groups is 1. The molecule has 6 heteroatoms. The molecule has 2 aromatic rings. The highest BCUT2D eigenvalue weighted by molar-refractivity contribution is 5.96. The highest BCUT2D eigenvalue weighted by Gasteiger charge is 2.32. The zero-order valence-corrected chi connectivity index (χ0v) is 18.0. The van der Waals surface area contributed by atoms with Crippen molar-refractivity contribution < 1.29 is 24.5 Å².